The molecule has 1 spiro atoms. The highest BCUT2D eigenvalue weighted by atomic mass is 16.3. The predicted molar refractivity (Wildman–Crippen MR) is 69.9 cm³/mol. The Labute approximate surface area is 112 Å². The molecular weight excluding hydrogens is 246 g/mol. The van der Waals surface area contributed by atoms with E-state index in [1.165, 1.54) is 6.92 Å². The lowest BCUT2D eigenvalue weighted by atomic mass is 9.81. The zero-order valence-corrected chi connectivity index (χ0v) is 11.4. The van der Waals surface area contributed by atoms with Gasteiger partial charge < -0.3 is 20.6 Å². The van der Waals surface area contributed by atoms with E-state index >= 15 is 0 Å². The summed E-state index contributed by atoms with van der Waals surface area (Å²) in [6.45, 7) is 8.32. The Morgan fingerprint density at radius 3 is 2.58 bits per heavy atom. The second kappa shape index (κ2) is 4.52. The normalized spacial score (nSPS) is 29.3. The molecule has 6 heteroatoms. The molecule has 2 heterocycles. The van der Waals surface area contributed by atoms with Crippen LogP contribution in [0.3, 0.4) is 0 Å². The number of primary amides is 1. The molecule has 0 radical (unpaired) electrons. The molecule has 2 saturated heterocycles. The molecule has 2 fully saturated rings. The lowest BCUT2D eigenvalue weighted by Gasteiger charge is -2.57. The molecule has 0 aliphatic carbocycles. The van der Waals surface area contributed by atoms with Gasteiger partial charge in [-0.3, -0.25) is 9.59 Å². The van der Waals surface area contributed by atoms with E-state index in [4.69, 9.17) is 5.73 Å². The average molecular weight is 267 g/mol. The van der Waals surface area contributed by atoms with Crippen LogP contribution in [0.25, 0.3) is 0 Å². The van der Waals surface area contributed by atoms with Crippen molar-refractivity contribution < 1.29 is 14.7 Å². The molecule has 0 saturated carbocycles. The molecule has 0 aromatic rings. The van der Waals surface area contributed by atoms with Crippen molar-refractivity contribution in [1.29, 1.82) is 0 Å². The third-order valence-electron chi connectivity index (χ3n) is 4.27. The summed E-state index contributed by atoms with van der Waals surface area (Å²) in [5.41, 5.74) is 5.68. The van der Waals surface area contributed by atoms with Crippen LogP contribution in [0.2, 0.25) is 0 Å². The molecular formula is C13H21N3O3. The van der Waals surface area contributed by atoms with Crippen LogP contribution >= 0.6 is 0 Å². The maximum atomic E-state index is 11.7. The highest BCUT2D eigenvalue weighted by Gasteiger charge is 2.57. The first-order valence-electron chi connectivity index (χ1n) is 6.53. The molecule has 2 aliphatic rings. The minimum Gasteiger partial charge on any atom is -0.391 e. The first kappa shape index (κ1) is 13.9. The quantitative estimate of drug-likeness (QED) is 0.717. The van der Waals surface area contributed by atoms with Gasteiger partial charge in [0.25, 0.3) is 0 Å². The van der Waals surface area contributed by atoms with Gasteiger partial charge >= 0.3 is 0 Å². The van der Waals surface area contributed by atoms with Gasteiger partial charge in [-0.05, 0) is 19.8 Å². The number of rotatable bonds is 3. The van der Waals surface area contributed by atoms with E-state index in [1.54, 1.807) is 11.8 Å². The zero-order valence-electron chi connectivity index (χ0n) is 11.4. The van der Waals surface area contributed by atoms with Gasteiger partial charge in [-0.15, -0.1) is 0 Å². The number of aliphatic hydroxyl groups is 1. The maximum absolute atomic E-state index is 11.7. The van der Waals surface area contributed by atoms with Crippen LogP contribution in [0, 0.1) is 0 Å². The highest BCUT2D eigenvalue weighted by molar-refractivity contribution is 5.82. The minimum atomic E-state index is -0.862. The van der Waals surface area contributed by atoms with Crippen molar-refractivity contribution >= 4 is 11.8 Å². The average Bonchev–Trinajstić information content (AvgIpc) is 2.74. The summed E-state index contributed by atoms with van der Waals surface area (Å²) in [6, 6.07) is -0.771. The Bertz CT molecular complexity index is 435. The molecule has 3 atom stereocenters. The van der Waals surface area contributed by atoms with Gasteiger partial charge in [-0.2, -0.15) is 0 Å². The number of hydrogen-bond donors (Lipinski definition) is 2. The summed E-state index contributed by atoms with van der Waals surface area (Å²) >= 11 is 0. The van der Waals surface area contributed by atoms with Crippen molar-refractivity contribution in [3.05, 3.63) is 12.3 Å². The maximum Gasteiger partial charge on any atom is 0.242 e. The molecule has 6 nitrogen and oxygen atoms in total. The Hall–Kier alpha value is -1.56. The second-order valence-electron chi connectivity index (χ2n) is 5.47. The largest absolute Gasteiger partial charge is 0.391 e. The van der Waals surface area contributed by atoms with Crippen LogP contribution in [0.1, 0.15) is 26.7 Å². The molecule has 0 aromatic carbocycles. The van der Waals surface area contributed by atoms with Crippen LogP contribution in [0.5, 0.6) is 0 Å². The summed E-state index contributed by atoms with van der Waals surface area (Å²) in [7, 11) is 0. The lowest BCUT2D eigenvalue weighted by Crippen LogP contribution is -2.71. The number of amides is 2. The third-order valence-corrected chi connectivity index (χ3v) is 4.27. The van der Waals surface area contributed by atoms with Gasteiger partial charge in [0.05, 0.1) is 11.6 Å². The molecule has 1 unspecified atom stereocenters. The predicted octanol–water partition coefficient (Wildman–Crippen LogP) is -0.568. The molecule has 0 bridgehead atoms. The Morgan fingerprint density at radius 1 is 1.53 bits per heavy atom. The van der Waals surface area contributed by atoms with Crippen molar-refractivity contribution in [3.63, 3.8) is 0 Å². The second-order valence-corrected chi connectivity index (χ2v) is 5.47. The van der Waals surface area contributed by atoms with Crippen molar-refractivity contribution in [2.75, 3.05) is 13.1 Å². The van der Waals surface area contributed by atoms with Crippen molar-refractivity contribution in [2.45, 2.75) is 44.4 Å². The van der Waals surface area contributed by atoms with Gasteiger partial charge in [0.2, 0.25) is 11.8 Å². The van der Waals surface area contributed by atoms with Gasteiger partial charge in [0.15, 0.2) is 0 Å². The summed E-state index contributed by atoms with van der Waals surface area (Å²) in [4.78, 5) is 26.6. The van der Waals surface area contributed by atoms with Crippen molar-refractivity contribution in [3.8, 4) is 0 Å². The van der Waals surface area contributed by atoms with Crippen LogP contribution in [-0.4, -0.2) is 57.5 Å². The van der Waals surface area contributed by atoms with E-state index in [0.29, 0.717) is 12.2 Å². The smallest absolute Gasteiger partial charge is 0.242 e. The fourth-order valence-corrected chi connectivity index (χ4v) is 3.36. The zero-order chi connectivity index (χ0) is 14.4. The van der Waals surface area contributed by atoms with Gasteiger partial charge in [-0.1, -0.05) is 6.58 Å². The molecule has 3 N–H and O–H groups in total. The number of nitrogens with two attached hydrogens (primary N) is 1. The van der Waals surface area contributed by atoms with E-state index < -0.39 is 18.1 Å². The third kappa shape index (κ3) is 1.90. The van der Waals surface area contributed by atoms with Gasteiger partial charge in [-0.25, -0.2) is 0 Å². The lowest BCUT2D eigenvalue weighted by molar-refractivity contribution is -0.140. The van der Waals surface area contributed by atoms with Gasteiger partial charge in [0.1, 0.15) is 6.04 Å². The number of carbonyl (C=O) groups excluding carboxylic acids is 2. The number of likely N-dealkylation sites (tertiary alicyclic amines) is 2. The van der Waals surface area contributed by atoms with Crippen LogP contribution < -0.4 is 5.73 Å². The van der Waals surface area contributed by atoms with Crippen LogP contribution in [-0.2, 0) is 9.59 Å². The molecule has 0 aromatic heterocycles. The fourth-order valence-electron chi connectivity index (χ4n) is 3.36. The number of nitrogens with zero attached hydrogens (tertiary/aromatic N) is 2. The summed E-state index contributed by atoms with van der Waals surface area (Å²) < 4.78 is 0. The molecule has 2 rings (SSSR count). The monoisotopic (exact) mass is 267 g/mol. The Balaban J connectivity index is 2.19. The Kier molecular flexibility index (Phi) is 3.30. The van der Waals surface area contributed by atoms with E-state index in [9.17, 15) is 14.7 Å². The van der Waals surface area contributed by atoms with Crippen molar-refractivity contribution in [2.24, 2.45) is 5.73 Å². The van der Waals surface area contributed by atoms with Crippen LogP contribution in [0.15, 0.2) is 12.3 Å². The number of carbonyl (C=O) groups is 2. The summed E-state index contributed by atoms with van der Waals surface area (Å²) in [5, 5.41) is 9.68. The van der Waals surface area contributed by atoms with E-state index in [-0.39, 0.29) is 11.4 Å². The van der Waals surface area contributed by atoms with E-state index in [1.807, 2.05) is 4.90 Å². The summed E-state index contributed by atoms with van der Waals surface area (Å²) in [6.07, 6.45) is 0.925. The Morgan fingerprint density at radius 2 is 2.16 bits per heavy atom. The first-order valence-corrected chi connectivity index (χ1v) is 6.53. The highest BCUT2D eigenvalue weighted by Crippen LogP contribution is 2.46. The van der Waals surface area contributed by atoms with E-state index in [0.717, 1.165) is 19.4 Å². The molecule has 2 aliphatic heterocycles. The van der Waals surface area contributed by atoms with Crippen molar-refractivity contribution in [1.82, 2.24) is 9.80 Å². The molecule has 2 amide bonds. The topological polar surface area (TPSA) is 86.9 Å². The molecule has 106 valence electrons. The SMILES string of the molecule is C=C1N([C@H](C(N)=O)[C@@H](C)O)CC12CCCN2C(C)=O. The van der Waals surface area contributed by atoms with Gasteiger partial charge in [0, 0.05) is 25.7 Å². The summed E-state index contributed by atoms with van der Waals surface area (Å²) in [5.74, 6) is -0.552. The standard InChI is InChI=1S/C13H21N3O3/c1-8(17)11(12(14)19)15-7-13(9(15)2)5-4-6-16(13)10(3)18/h8,11,17H,2,4-7H2,1,3H3,(H2,14,19)/t8-,11+,13?/m1/s1. The number of aliphatic hydroxyl groups excluding tert-OH is 1. The molecule has 19 heavy (non-hydrogen) atoms. The van der Waals surface area contributed by atoms with Crippen LogP contribution in [0.4, 0.5) is 0 Å². The number of hydrogen-bond acceptors (Lipinski definition) is 4. The van der Waals surface area contributed by atoms with E-state index in [2.05, 4.69) is 6.58 Å². The minimum absolute atomic E-state index is 0.0194. The first-order chi connectivity index (χ1) is 8.81. The fraction of sp³-hybridized carbons (Fsp3) is 0.692.